The second-order valence-electron chi connectivity index (χ2n) is 5.34. The number of halogens is 6. The van der Waals surface area contributed by atoms with Crippen molar-refractivity contribution in [2.45, 2.75) is 52.5 Å². The standard InChI is InChI=1S/C10H6F6N2.C4H8.C2H6/c11-9(12,13)5-18-4-7(10(14,15)16)6-2-1-3-17-8(6)18;1-4-2-3-4;1-2/h1-4H,5H2;4H,2-3H2,1H3;1-2H3. The number of rotatable bonds is 1. The van der Waals surface area contributed by atoms with Gasteiger partial charge in [-0.15, -0.1) is 0 Å². The normalized spacial score (nSPS) is 14.5. The molecule has 0 unspecified atom stereocenters. The van der Waals surface area contributed by atoms with Crippen LogP contribution in [0.4, 0.5) is 26.3 Å². The highest BCUT2D eigenvalue weighted by Gasteiger charge is 2.36. The number of hydrogen-bond acceptors (Lipinski definition) is 1. The van der Waals surface area contributed by atoms with Crippen LogP contribution >= 0.6 is 0 Å². The van der Waals surface area contributed by atoms with Crippen molar-refractivity contribution in [2.24, 2.45) is 5.92 Å². The molecule has 2 aromatic heterocycles. The van der Waals surface area contributed by atoms with Gasteiger partial charge in [0.05, 0.1) is 5.56 Å². The quantitative estimate of drug-likeness (QED) is 0.569. The third-order valence-corrected chi connectivity index (χ3v) is 3.15. The third-order valence-electron chi connectivity index (χ3n) is 3.15. The zero-order valence-electron chi connectivity index (χ0n) is 13.7. The molecular weight excluding hydrogens is 334 g/mol. The highest BCUT2D eigenvalue weighted by molar-refractivity contribution is 5.81. The molecule has 2 nitrogen and oxygen atoms in total. The molecular formula is C16H20F6N2. The van der Waals surface area contributed by atoms with E-state index in [9.17, 15) is 26.3 Å². The molecule has 1 aliphatic carbocycles. The minimum atomic E-state index is -4.71. The molecule has 0 spiro atoms. The lowest BCUT2D eigenvalue weighted by Crippen LogP contribution is -2.17. The fraction of sp³-hybridized carbons (Fsp3) is 0.562. The van der Waals surface area contributed by atoms with E-state index < -0.39 is 24.5 Å². The SMILES string of the molecule is CC.CC1CC1.FC(F)(F)Cn1cc(C(F)(F)F)c2cccnc21. The second kappa shape index (κ2) is 7.90. The Bertz CT molecular complexity index is 638. The minimum absolute atomic E-state index is 0.331. The average molecular weight is 354 g/mol. The molecule has 2 heterocycles. The molecule has 8 heteroatoms. The zero-order valence-corrected chi connectivity index (χ0v) is 13.7. The van der Waals surface area contributed by atoms with Gasteiger partial charge in [0.25, 0.3) is 0 Å². The van der Waals surface area contributed by atoms with Crippen molar-refractivity contribution < 1.29 is 26.3 Å². The Morgan fingerprint density at radius 3 is 2.08 bits per heavy atom. The van der Waals surface area contributed by atoms with Crippen LogP contribution in [0.15, 0.2) is 24.5 Å². The summed E-state index contributed by atoms with van der Waals surface area (Å²) in [6.45, 7) is 4.77. The Kier molecular flexibility index (Phi) is 6.68. The molecule has 0 bridgehead atoms. The van der Waals surface area contributed by atoms with E-state index >= 15 is 0 Å². The molecule has 0 radical (unpaired) electrons. The third kappa shape index (κ3) is 6.05. The predicted octanol–water partition coefficient (Wildman–Crippen LogP) is 6.06. The van der Waals surface area contributed by atoms with Gasteiger partial charge in [-0.2, -0.15) is 26.3 Å². The fourth-order valence-electron chi connectivity index (χ4n) is 1.83. The first kappa shape index (κ1) is 20.3. The summed E-state index contributed by atoms with van der Waals surface area (Å²) in [6.07, 6.45) is -4.76. The molecule has 0 saturated heterocycles. The van der Waals surface area contributed by atoms with Gasteiger partial charge in [0.1, 0.15) is 12.2 Å². The molecule has 0 N–H and O–H groups in total. The largest absolute Gasteiger partial charge is 0.418 e. The van der Waals surface area contributed by atoms with Crippen molar-refractivity contribution in [3.05, 3.63) is 30.1 Å². The van der Waals surface area contributed by atoms with Gasteiger partial charge in [-0.25, -0.2) is 4.98 Å². The van der Waals surface area contributed by atoms with Crippen molar-refractivity contribution in [1.82, 2.24) is 9.55 Å². The number of nitrogens with zero attached hydrogens (tertiary/aromatic N) is 2. The van der Waals surface area contributed by atoms with Crippen molar-refractivity contribution in [3.63, 3.8) is 0 Å². The van der Waals surface area contributed by atoms with Crippen LogP contribution in [0.1, 0.15) is 39.2 Å². The first-order valence-electron chi connectivity index (χ1n) is 7.66. The fourth-order valence-corrected chi connectivity index (χ4v) is 1.83. The molecule has 0 aliphatic heterocycles. The first-order valence-corrected chi connectivity index (χ1v) is 7.66. The van der Waals surface area contributed by atoms with Crippen LogP contribution in [0.5, 0.6) is 0 Å². The van der Waals surface area contributed by atoms with Crippen LogP contribution < -0.4 is 0 Å². The number of pyridine rings is 1. The van der Waals surface area contributed by atoms with Gasteiger partial charge in [0.2, 0.25) is 0 Å². The maximum absolute atomic E-state index is 12.6. The van der Waals surface area contributed by atoms with E-state index in [1.54, 1.807) is 0 Å². The Morgan fingerprint density at radius 2 is 1.67 bits per heavy atom. The maximum Gasteiger partial charge on any atom is 0.418 e. The van der Waals surface area contributed by atoms with E-state index in [4.69, 9.17) is 0 Å². The van der Waals surface area contributed by atoms with Gasteiger partial charge in [0.15, 0.2) is 0 Å². The Hall–Kier alpha value is -1.73. The summed E-state index contributed by atoms with van der Waals surface area (Å²) < 4.78 is 75.1. The molecule has 0 aromatic carbocycles. The number of aromatic nitrogens is 2. The van der Waals surface area contributed by atoms with E-state index in [-0.39, 0.29) is 11.0 Å². The average Bonchev–Trinajstić information content (AvgIpc) is 3.17. The zero-order chi connectivity index (χ0) is 18.5. The van der Waals surface area contributed by atoms with Crippen LogP contribution in [-0.2, 0) is 12.7 Å². The van der Waals surface area contributed by atoms with E-state index in [0.29, 0.717) is 10.8 Å². The lowest BCUT2D eigenvalue weighted by atomic mass is 10.2. The first-order chi connectivity index (χ1) is 11.1. The summed E-state index contributed by atoms with van der Waals surface area (Å²) in [5.41, 5.74) is -1.45. The van der Waals surface area contributed by atoms with Crippen molar-refractivity contribution in [3.8, 4) is 0 Å². The van der Waals surface area contributed by atoms with E-state index in [1.165, 1.54) is 18.9 Å². The van der Waals surface area contributed by atoms with Gasteiger partial charge < -0.3 is 4.57 Å². The highest BCUT2D eigenvalue weighted by Crippen LogP contribution is 2.36. The Balaban J connectivity index is 0.000000409. The summed E-state index contributed by atoms with van der Waals surface area (Å²) in [6, 6.07) is 2.34. The number of alkyl halides is 6. The van der Waals surface area contributed by atoms with Crippen LogP contribution in [-0.4, -0.2) is 15.7 Å². The topological polar surface area (TPSA) is 17.8 Å². The van der Waals surface area contributed by atoms with Gasteiger partial charge in [-0.3, -0.25) is 0 Å². The maximum atomic E-state index is 12.6. The molecule has 1 aliphatic rings. The van der Waals surface area contributed by atoms with Gasteiger partial charge >= 0.3 is 12.4 Å². The lowest BCUT2D eigenvalue weighted by Gasteiger charge is -2.07. The van der Waals surface area contributed by atoms with Crippen molar-refractivity contribution in [2.75, 3.05) is 0 Å². The van der Waals surface area contributed by atoms with Crippen LogP contribution in [0.3, 0.4) is 0 Å². The monoisotopic (exact) mass is 354 g/mol. The summed E-state index contributed by atoms with van der Waals surface area (Å²) >= 11 is 0. The molecule has 1 saturated carbocycles. The molecule has 3 rings (SSSR count). The summed E-state index contributed by atoms with van der Waals surface area (Å²) in [5.74, 6) is 1.08. The van der Waals surface area contributed by atoms with E-state index in [2.05, 4.69) is 11.9 Å². The van der Waals surface area contributed by atoms with Gasteiger partial charge in [0, 0.05) is 17.8 Å². The van der Waals surface area contributed by atoms with E-state index in [1.807, 2.05) is 13.8 Å². The Labute approximate surface area is 136 Å². The summed E-state index contributed by atoms with van der Waals surface area (Å²) in [5, 5.41) is -0.339. The number of hydrogen-bond donors (Lipinski definition) is 0. The van der Waals surface area contributed by atoms with Crippen LogP contribution in [0.25, 0.3) is 11.0 Å². The molecule has 24 heavy (non-hydrogen) atoms. The van der Waals surface area contributed by atoms with E-state index in [0.717, 1.165) is 18.2 Å². The predicted molar refractivity (Wildman–Crippen MR) is 80.5 cm³/mol. The van der Waals surface area contributed by atoms with Crippen molar-refractivity contribution >= 4 is 11.0 Å². The van der Waals surface area contributed by atoms with Gasteiger partial charge in [-0.05, 0) is 18.1 Å². The molecule has 136 valence electrons. The summed E-state index contributed by atoms with van der Waals surface area (Å²) in [7, 11) is 0. The van der Waals surface area contributed by atoms with Crippen LogP contribution in [0.2, 0.25) is 0 Å². The number of fused-ring (bicyclic) bond motifs is 1. The molecule has 0 amide bonds. The molecule has 0 atom stereocenters. The highest BCUT2D eigenvalue weighted by atomic mass is 19.4. The molecule has 2 aromatic rings. The van der Waals surface area contributed by atoms with Crippen LogP contribution in [0, 0.1) is 5.92 Å². The smallest absolute Gasteiger partial charge is 0.323 e. The van der Waals surface area contributed by atoms with Gasteiger partial charge in [-0.1, -0.05) is 33.6 Å². The second-order valence-corrected chi connectivity index (χ2v) is 5.34. The minimum Gasteiger partial charge on any atom is -0.323 e. The summed E-state index contributed by atoms with van der Waals surface area (Å²) in [4.78, 5) is 3.56. The molecule has 1 fully saturated rings. The lowest BCUT2D eigenvalue weighted by molar-refractivity contribution is -0.143. The Morgan fingerprint density at radius 1 is 1.12 bits per heavy atom. The van der Waals surface area contributed by atoms with Crippen molar-refractivity contribution in [1.29, 1.82) is 0 Å².